The van der Waals surface area contributed by atoms with Crippen molar-refractivity contribution < 1.29 is 9.31 Å². The molecule has 0 spiro atoms. The lowest BCUT2D eigenvalue weighted by atomic mass is 9.72. The summed E-state index contributed by atoms with van der Waals surface area (Å²) >= 11 is 0. The van der Waals surface area contributed by atoms with Crippen LogP contribution in [0.3, 0.4) is 0 Å². The van der Waals surface area contributed by atoms with E-state index in [4.69, 9.17) is 9.31 Å². The largest absolute Gasteiger partial charge is 0.458 e. The van der Waals surface area contributed by atoms with Gasteiger partial charge in [-0.25, -0.2) is 0 Å². The molecule has 2 atom stereocenters. The zero-order valence-electron chi connectivity index (χ0n) is 18.8. The zero-order chi connectivity index (χ0) is 21.6. The van der Waals surface area contributed by atoms with Gasteiger partial charge in [0.15, 0.2) is 0 Å². The molecule has 3 nitrogen and oxygen atoms in total. The van der Waals surface area contributed by atoms with Crippen LogP contribution in [0.25, 0.3) is 11.1 Å². The van der Waals surface area contributed by atoms with Gasteiger partial charge in [0.1, 0.15) is 0 Å². The molecule has 2 aliphatic heterocycles. The molecule has 0 unspecified atom stereocenters. The highest BCUT2D eigenvalue weighted by Gasteiger charge is 2.52. The highest BCUT2D eigenvalue weighted by Crippen LogP contribution is 2.49. The molecular weight excluding hydrogens is 381 g/mol. The minimum atomic E-state index is -0.309. The Morgan fingerprint density at radius 1 is 0.742 bits per heavy atom. The van der Waals surface area contributed by atoms with Gasteiger partial charge in [-0.3, -0.25) is 0 Å². The summed E-state index contributed by atoms with van der Waals surface area (Å²) in [5.74, 6) is 0.286. The van der Waals surface area contributed by atoms with Crippen LogP contribution in [0.4, 0.5) is 5.69 Å². The van der Waals surface area contributed by atoms with Gasteiger partial charge in [0.2, 0.25) is 0 Å². The van der Waals surface area contributed by atoms with E-state index in [0.717, 1.165) is 6.32 Å². The minimum absolute atomic E-state index is 0.196. The summed E-state index contributed by atoms with van der Waals surface area (Å²) in [6, 6.07) is 28.3. The molecule has 0 aliphatic carbocycles. The van der Waals surface area contributed by atoms with Gasteiger partial charge in [0.05, 0.1) is 17.2 Å². The Morgan fingerprint density at radius 3 is 2.00 bits per heavy atom. The Morgan fingerprint density at radius 2 is 1.32 bits per heavy atom. The van der Waals surface area contributed by atoms with Crippen LogP contribution in [0.15, 0.2) is 78.9 Å². The predicted octanol–water partition coefficient (Wildman–Crippen LogP) is 6.70. The Labute approximate surface area is 185 Å². The molecule has 0 aromatic heterocycles. The summed E-state index contributed by atoms with van der Waals surface area (Å²) in [7, 11) is -0.214. The van der Waals surface area contributed by atoms with E-state index in [2.05, 4.69) is 112 Å². The molecule has 3 aromatic carbocycles. The summed E-state index contributed by atoms with van der Waals surface area (Å²) in [5.41, 5.74) is 5.70. The standard InChI is InChI=1S/C27H30BNO2/c1-26(2)27(3,4)31-28(30-26)18-23-22-12-8-9-13-24(22)29-25(23)21-16-14-20(15-17-21)19-10-6-5-7-11-19/h5-17,23,25,29H,18H2,1-4H3/t23-,25-/m0/s1. The molecule has 158 valence electrons. The molecule has 0 bridgehead atoms. The number of hydrogen-bond acceptors (Lipinski definition) is 3. The second-order valence-electron chi connectivity index (χ2n) is 9.73. The third kappa shape index (κ3) is 3.68. The molecule has 1 N–H and O–H groups in total. The van der Waals surface area contributed by atoms with Crippen molar-refractivity contribution in [2.24, 2.45) is 0 Å². The quantitative estimate of drug-likeness (QED) is 0.485. The van der Waals surface area contributed by atoms with Crippen LogP contribution < -0.4 is 5.32 Å². The molecule has 31 heavy (non-hydrogen) atoms. The molecule has 2 heterocycles. The number of benzene rings is 3. The number of anilines is 1. The van der Waals surface area contributed by atoms with Crippen molar-refractivity contribution in [3.05, 3.63) is 90.0 Å². The Kier molecular flexibility index (Phi) is 4.95. The van der Waals surface area contributed by atoms with E-state index in [0.29, 0.717) is 0 Å². The minimum Gasteiger partial charge on any atom is -0.403 e. The lowest BCUT2D eigenvalue weighted by Crippen LogP contribution is -2.41. The van der Waals surface area contributed by atoms with Crippen LogP contribution in [0, 0.1) is 0 Å². The first kappa shape index (κ1) is 20.4. The molecular formula is C27H30BNO2. The maximum absolute atomic E-state index is 6.35. The smallest absolute Gasteiger partial charge is 0.403 e. The van der Waals surface area contributed by atoms with Crippen LogP contribution in [-0.4, -0.2) is 18.3 Å². The lowest BCUT2D eigenvalue weighted by Gasteiger charge is -2.32. The van der Waals surface area contributed by atoms with Crippen molar-refractivity contribution in [3.63, 3.8) is 0 Å². The Bertz CT molecular complexity index is 1050. The molecule has 1 saturated heterocycles. The van der Waals surface area contributed by atoms with Crippen LogP contribution in [0.5, 0.6) is 0 Å². The number of para-hydroxylation sites is 1. The molecule has 4 heteroatoms. The number of nitrogens with one attached hydrogen (secondary N) is 1. The third-order valence-corrected chi connectivity index (χ3v) is 7.20. The van der Waals surface area contributed by atoms with Gasteiger partial charge < -0.3 is 14.6 Å². The first-order valence-electron chi connectivity index (χ1n) is 11.2. The van der Waals surface area contributed by atoms with Crippen molar-refractivity contribution in [2.45, 2.75) is 57.2 Å². The second kappa shape index (κ2) is 7.54. The van der Waals surface area contributed by atoms with Crippen LogP contribution in [0.1, 0.15) is 50.8 Å². The van der Waals surface area contributed by atoms with E-state index in [9.17, 15) is 0 Å². The topological polar surface area (TPSA) is 30.5 Å². The van der Waals surface area contributed by atoms with Gasteiger partial charge in [-0.15, -0.1) is 0 Å². The van der Waals surface area contributed by atoms with Crippen LogP contribution in [0.2, 0.25) is 6.32 Å². The van der Waals surface area contributed by atoms with Crippen molar-refractivity contribution in [1.29, 1.82) is 0 Å². The maximum Gasteiger partial charge on any atom is 0.458 e. The summed E-state index contributed by atoms with van der Waals surface area (Å²) in [5, 5.41) is 3.76. The number of hydrogen-bond donors (Lipinski definition) is 1. The van der Waals surface area contributed by atoms with Gasteiger partial charge in [-0.2, -0.15) is 0 Å². The first-order chi connectivity index (χ1) is 14.8. The molecule has 0 radical (unpaired) electrons. The SMILES string of the molecule is CC1(C)OB(C[C@H]2c3ccccc3N[C@H]2c2ccc(-c3ccccc3)cc2)OC1(C)C. The predicted molar refractivity (Wildman–Crippen MR) is 128 cm³/mol. The van der Waals surface area contributed by atoms with E-state index in [1.807, 2.05) is 0 Å². The average Bonchev–Trinajstić information content (AvgIpc) is 3.22. The number of rotatable bonds is 4. The maximum atomic E-state index is 6.35. The summed E-state index contributed by atoms with van der Waals surface area (Å²) < 4.78 is 12.7. The summed E-state index contributed by atoms with van der Waals surface area (Å²) in [6.45, 7) is 8.47. The summed E-state index contributed by atoms with van der Waals surface area (Å²) in [4.78, 5) is 0. The van der Waals surface area contributed by atoms with Gasteiger partial charge >= 0.3 is 7.12 Å². The highest BCUT2D eigenvalue weighted by atomic mass is 16.7. The van der Waals surface area contributed by atoms with E-state index in [1.165, 1.54) is 27.9 Å². The highest BCUT2D eigenvalue weighted by molar-refractivity contribution is 6.45. The fourth-order valence-corrected chi connectivity index (χ4v) is 4.76. The van der Waals surface area contributed by atoms with Crippen molar-refractivity contribution >= 4 is 12.8 Å². The Balaban J connectivity index is 1.43. The average molecular weight is 411 g/mol. The molecule has 5 rings (SSSR count). The molecule has 0 amide bonds. The first-order valence-corrected chi connectivity index (χ1v) is 11.2. The monoisotopic (exact) mass is 411 g/mol. The van der Waals surface area contributed by atoms with Crippen LogP contribution in [-0.2, 0) is 9.31 Å². The molecule has 1 fully saturated rings. The molecule has 0 saturated carbocycles. The van der Waals surface area contributed by atoms with Crippen LogP contribution >= 0.6 is 0 Å². The normalized spacial score (nSPS) is 23.4. The summed E-state index contributed by atoms with van der Waals surface area (Å²) in [6.07, 6.45) is 0.821. The van der Waals surface area contributed by atoms with Crippen molar-refractivity contribution in [3.8, 4) is 11.1 Å². The third-order valence-electron chi connectivity index (χ3n) is 7.20. The molecule has 2 aliphatic rings. The van der Waals surface area contributed by atoms with E-state index in [-0.39, 0.29) is 30.3 Å². The van der Waals surface area contributed by atoms with E-state index in [1.54, 1.807) is 0 Å². The van der Waals surface area contributed by atoms with E-state index < -0.39 is 0 Å². The fourth-order valence-electron chi connectivity index (χ4n) is 4.76. The van der Waals surface area contributed by atoms with Gasteiger partial charge in [0.25, 0.3) is 0 Å². The Hall–Kier alpha value is -2.56. The van der Waals surface area contributed by atoms with Crippen molar-refractivity contribution in [2.75, 3.05) is 5.32 Å². The lowest BCUT2D eigenvalue weighted by molar-refractivity contribution is 0.00578. The molecule has 3 aromatic rings. The van der Waals surface area contributed by atoms with Gasteiger partial charge in [0, 0.05) is 11.6 Å². The van der Waals surface area contributed by atoms with Gasteiger partial charge in [-0.05, 0) is 62.3 Å². The fraction of sp³-hybridized carbons (Fsp3) is 0.333. The number of fused-ring (bicyclic) bond motifs is 1. The van der Waals surface area contributed by atoms with E-state index >= 15 is 0 Å². The van der Waals surface area contributed by atoms with Gasteiger partial charge in [-0.1, -0.05) is 72.8 Å². The van der Waals surface area contributed by atoms with Crippen molar-refractivity contribution in [1.82, 2.24) is 0 Å². The zero-order valence-corrected chi connectivity index (χ0v) is 18.8. The second-order valence-corrected chi connectivity index (χ2v) is 9.73.